The second-order valence-electron chi connectivity index (χ2n) is 8.03. The first-order valence-corrected chi connectivity index (χ1v) is 13.4. The molecule has 0 aliphatic carbocycles. The molecule has 0 atom stereocenters. The van der Waals surface area contributed by atoms with E-state index >= 15 is 0 Å². The summed E-state index contributed by atoms with van der Waals surface area (Å²) >= 11 is 11.8. The fourth-order valence-electron chi connectivity index (χ4n) is 3.81. The molecule has 1 N–H and O–H groups in total. The Morgan fingerprint density at radius 1 is 0.944 bits per heavy atom. The van der Waals surface area contributed by atoms with Crippen LogP contribution in [-0.2, 0) is 14.8 Å². The molecule has 1 heterocycles. The highest BCUT2D eigenvalue weighted by molar-refractivity contribution is 7.92. The van der Waals surface area contributed by atoms with E-state index < -0.39 is 10.0 Å². The summed E-state index contributed by atoms with van der Waals surface area (Å²) in [5, 5.41) is 0.570. The number of carbonyl (C=O) groups is 1. The van der Waals surface area contributed by atoms with Crippen molar-refractivity contribution in [3.05, 3.63) is 76.8 Å². The van der Waals surface area contributed by atoms with Crippen LogP contribution in [-0.4, -0.2) is 59.1 Å². The number of nitrogens with one attached hydrogen (secondary N) is 1. The van der Waals surface area contributed by atoms with E-state index in [2.05, 4.69) is 9.62 Å². The molecular weight excluding hydrogens is 525 g/mol. The number of halogens is 2. The van der Waals surface area contributed by atoms with Gasteiger partial charge in [0.15, 0.2) is 6.61 Å². The minimum Gasteiger partial charge on any atom is -0.495 e. The van der Waals surface area contributed by atoms with Gasteiger partial charge < -0.3 is 19.3 Å². The van der Waals surface area contributed by atoms with Crippen LogP contribution in [0.15, 0.2) is 71.6 Å². The van der Waals surface area contributed by atoms with Crippen molar-refractivity contribution >= 4 is 50.5 Å². The van der Waals surface area contributed by atoms with Crippen molar-refractivity contribution in [1.82, 2.24) is 4.90 Å². The molecule has 1 saturated heterocycles. The Kier molecular flexibility index (Phi) is 8.13. The molecule has 0 spiro atoms. The summed E-state index contributed by atoms with van der Waals surface area (Å²) in [6.45, 7) is 2.37. The number of para-hydroxylation sites is 2. The zero-order valence-corrected chi connectivity index (χ0v) is 21.8. The van der Waals surface area contributed by atoms with E-state index in [4.69, 9.17) is 32.7 Å². The zero-order chi connectivity index (χ0) is 25.7. The Morgan fingerprint density at radius 3 is 2.31 bits per heavy atom. The number of anilines is 2. The topological polar surface area (TPSA) is 88.2 Å². The molecule has 1 aliphatic heterocycles. The van der Waals surface area contributed by atoms with Crippen LogP contribution < -0.4 is 19.1 Å². The maximum absolute atomic E-state index is 12.7. The molecule has 11 heteroatoms. The molecule has 3 aromatic rings. The summed E-state index contributed by atoms with van der Waals surface area (Å²) in [7, 11) is -2.19. The summed E-state index contributed by atoms with van der Waals surface area (Å²) in [6.07, 6.45) is 0. The number of piperazine rings is 1. The van der Waals surface area contributed by atoms with Crippen molar-refractivity contribution in [2.24, 2.45) is 0 Å². The molecule has 0 saturated carbocycles. The number of carbonyl (C=O) groups excluding carboxylic acids is 1. The van der Waals surface area contributed by atoms with E-state index in [-0.39, 0.29) is 22.4 Å². The molecule has 8 nitrogen and oxygen atoms in total. The largest absolute Gasteiger partial charge is 0.495 e. The van der Waals surface area contributed by atoms with Gasteiger partial charge >= 0.3 is 0 Å². The first-order chi connectivity index (χ1) is 17.3. The van der Waals surface area contributed by atoms with E-state index in [0.29, 0.717) is 42.6 Å². The third-order valence-electron chi connectivity index (χ3n) is 5.73. The van der Waals surface area contributed by atoms with E-state index in [1.54, 1.807) is 12.0 Å². The van der Waals surface area contributed by atoms with E-state index in [0.717, 1.165) is 11.4 Å². The Labute approximate surface area is 220 Å². The van der Waals surface area contributed by atoms with Gasteiger partial charge in [0.1, 0.15) is 11.5 Å². The quantitative estimate of drug-likeness (QED) is 0.444. The highest BCUT2D eigenvalue weighted by atomic mass is 35.5. The highest BCUT2D eigenvalue weighted by Crippen LogP contribution is 2.29. The first kappa shape index (κ1) is 25.9. The molecule has 1 fully saturated rings. The molecule has 36 heavy (non-hydrogen) atoms. The minimum atomic E-state index is -3.84. The van der Waals surface area contributed by atoms with Gasteiger partial charge in [-0.25, -0.2) is 8.42 Å². The maximum Gasteiger partial charge on any atom is 0.261 e. The number of nitrogens with zero attached hydrogens (tertiary/aromatic N) is 2. The monoisotopic (exact) mass is 549 g/mol. The Bertz CT molecular complexity index is 1330. The second-order valence-corrected chi connectivity index (χ2v) is 10.5. The van der Waals surface area contributed by atoms with Gasteiger partial charge in [-0.15, -0.1) is 0 Å². The van der Waals surface area contributed by atoms with Crippen LogP contribution in [0.4, 0.5) is 11.4 Å². The number of rotatable bonds is 8. The molecule has 1 aliphatic rings. The van der Waals surface area contributed by atoms with Gasteiger partial charge in [0, 0.05) is 26.2 Å². The van der Waals surface area contributed by atoms with E-state index in [1.807, 2.05) is 24.3 Å². The van der Waals surface area contributed by atoms with Crippen LogP contribution in [0.3, 0.4) is 0 Å². The van der Waals surface area contributed by atoms with E-state index in [1.165, 1.54) is 42.5 Å². The zero-order valence-electron chi connectivity index (χ0n) is 19.5. The predicted molar refractivity (Wildman–Crippen MR) is 141 cm³/mol. The summed E-state index contributed by atoms with van der Waals surface area (Å²) in [5.74, 6) is 1.07. The molecule has 0 radical (unpaired) electrons. The average Bonchev–Trinajstić information content (AvgIpc) is 2.89. The highest BCUT2D eigenvalue weighted by Gasteiger charge is 2.23. The van der Waals surface area contributed by atoms with Crippen molar-refractivity contribution in [2.45, 2.75) is 4.90 Å². The van der Waals surface area contributed by atoms with Gasteiger partial charge in [-0.05, 0) is 54.6 Å². The minimum absolute atomic E-state index is 0.0414. The summed E-state index contributed by atoms with van der Waals surface area (Å²) < 4.78 is 38.8. The number of hydrogen-bond donors (Lipinski definition) is 1. The third-order valence-corrected chi connectivity index (χ3v) is 7.86. The van der Waals surface area contributed by atoms with Crippen LogP contribution in [0, 0.1) is 0 Å². The maximum atomic E-state index is 12.7. The fraction of sp³-hybridized carbons (Fsp3) is 0.240. The van der Waals surface area contributed by atoms with Crippen molar-refractivity contribution in [1.29, 1.82) is 0 Å². The van der Waals surface area contributed by atoms with Crippen molar-refractivity contribution in [3.63, 3.8) is 0 Å². The number of amides is 1. The first-order valence-electron chi connectivity index (χ1n) is 11.1. The SMILES string of the molecule is COc1ccccc1N1CCN(C(=O)COc2ccc(S(=O)(=O)Nc3ccc(Cl)c(Cl)c3)cc2)CC1. The van der Waals surface area contributed by atoms with Crippen LogP contribution in [0.25, 0.3) is 0 Å². The van der Waals surface area contributed by atoms with Crippen molar-refractivity contribution in [3.8, 4) is 11.5 Å². The van der Waals surface area contributed by atoms with Crippen LogP contribution >= 0.6 is 23.2 Å². The summed E-state index contributed by atoms with van der Waals surface area (Å²) in [4.78, 5) is 16.6. The number of benzene rings is 3. The Balaban J connectivity index is 1.29. The number of hydrogen-bond acceptors (Lipinski definition) is 6. The number of methoxy groups -OCH3 is 1. The molecule has 0 unspecified atom stereocenters. The lowest BCUT2D eigenvalue weighted by molar-refractivity contribution is -0.133. The fourth-order valence-corrected chi connectivity index (χ4v) is 5.16. The smallest absolute Gasteiger partial charge is 0.261 e. The normalized spacial score (nSPS) is 13.9. The number of sulfonamides is 1. The summed E-state index contributed by atoms with van der Waals surface area (Å²) in [5.41, 5.74) is 1.30. The Morgan fingerprint density at radius 2 is 1.64 bits per heavy atom. The summed E-state index contributed by atoms with van der Waals surface area (Å²) in [6, 6.07) is 18.1. The van der Waals surface area contributed by atoms with E-state index in [9.17, 15) is 13.2 Å². The number of ether oxygens (including phenoxy) is 2. The van der Waals surface area contributed by atoms with Gasteiger partial charge in [-0.1, -0.05) is 35.3 Å². The lowest BCUT2D eigenvalue weighted by Crippen LogP contribution is -2.50. The van der Waals surface area contributed by atoms with Crippen LogP contribution in [0.5, 0.6) is 11.5 Å². The molecule has 4 rings (SSSR count). The van der Waals surface area contributed by atoms with Gasteiger partial charge in [-0.2, -0.15) is 0 Å². The van der Waals surface area contributed by atoms with Crippen molar-refractivity contribution < 1.29 is 22.7 Å². The molecule has 3 aromatic carbocycles. The van der Waals surface area contributed by atoms with Crippen molar-refractivity contribution in [2.75, 3.05) is 49.5 Å². The standard InChI is InChI=1S/C25H25Cl2N3O5S/c1-34-24-5-3-2-4-23(24)29-12-14-30(15-13-29)25(31)17-35-19-7-9-20(10-8-19)36(32,33)28-18-6-11-21(26)22(27)16-18/h2-11,16,28H,12-15,17H2,1H3. The molecule has 1 amide bonds. The lowest BCUT2D eigenvalue weighted by atomic mass is 10.2. The van der Waals surface area contributed by atoms with Crippen LogP contribution in [0.1, 0.15) is 0 Å². The predicted octanol–water partition coefficient (Wildman–Crippen LogP) is 4.53. The second kappa shape index (κ2) is 11.3. The molecule has 0 bridgehead atoms. The van der Waals surface area contributed by atoms with Gasteiger partial charge in [-0.3, -0.25) is 9.52 Å². The lowest BCUT2D eigenvalue weighted by Gasteiger charge is -2.36. The van der Waals surface area contributed by atoms with Gasteiger partial charge in [0.05, 0.1) is 33.4 Å². The Hall–Kier alpha value is -3.14. The molecular formula is C25H25Cl2N3O5S. The molecule has 0 aromatic heterocycles. The van der Waals surface area contributed by atoms with Gasteiger partial charge in [0.2, 0.25) is 0 Å². The molecule has 190 valence electrons. The van der Waals surface area contributed by atoms with Crippen LogP contribution in [0.2, 0.25) is 10.0 Å². The third kappa shape index (κ3) is 6.16. The average molecular weight is 550 g/mol. The van der Waals surface area contributed by atoms with Gasteiger partial charge in [0.25, 0.3) is 15.9 Å².